The minimum absolute atomic E-state index is 0.227. The van der Waals surface area contributed by atoms with Gasteiger partial charge >= 0.3 is 0 Å². The van der Waals surface area contributed by atoms with Crippen LogP contribution in [-0.2, 0) is 10.2 Å². The summed E-state index contributed by atoms with van der Waals surface area (Å²) in [7, 11) is 0. The molecule has 0 bridgehead atoms. The van der Waals surface area contributed by atoms with E-state index in [9.17, 15) is 0 Å². The van der Waals surface area contributed by atoms with Gasteiger partial charge < -0.3 is 10.1 Å². The maximum absolute atomic E-state index is 6.51. The predicted octanol–water partition coefficient (Wildman–Crippen LogP) is 4.17. The summed E-state index contributed by atoms with van der Waals surface area (Å²) >= 11 is 6.51. The third-order valence-corrected chi connectivity index (χ3v) is 5.65. The summed E-state index contributed by atoms with van der Waals surface area (Å²) < 4.78 is 5.56. The summed E-state index contributed by atoms with van der Waals surface area (Å²) in [5.74, 6) is 0. The summed E-state index contributed by atoms with van der Waals surface area (Å²) in [5.41, 5.74) is 2.07. The normalized spacial score (nSPS) is 23.0. The second kappa shape index (κ2) is 6.28. The van der Waals surface area contributed by atoms with E-state index in [1.807, 2.05) is 12.1 Å². The molecule has 1 aromatic rings. The van der Waals surface area contributed by atoms with Gasteiger partial charge in [-0.15, -0.1) is 0 Å². The maximum atomic E-state index is 6.51. The molecule has 3 rings (SSSR count). The van der Waals surface area contributed by atoms with Gasteiger partial charge in [0.05, 0.1) is 0 Å². The molecule has 1 aliphatic carbocycles. The fraction of sp³-hybridized carbons (Fsp3) is 0.667. The van der Waals surface area contributed by atoms with E-state index in [-0.39, 0.29) is 5.41 Å². The zero-order valence-corrected chi connectivity index (χ0v) is 13.7. The summed E-state index contributed by atoms with van der Waals surface area (Å²) in [6.07, 6.45) is 6.12. The molecule has 0 unspecified atom stereocenters. The number of rotatable bonds is 5. The number of benzene rings is 1. The molecule has 0 amide bonds. The van der Waals surface area contributed by atoms with E-state index >= 15 is 0 Å². The van der Waals surface area contributed by atoms with E-state index in [2.05, 4.69) is 24.4 Å². The lowest BCUT2D eigenvalue weighted by Crippen LogP contribution is -2.56. The van der Waals surface area contributed by atoms with Crippen molar-refractivity contribution < 1.29 is 4.74 Å². The Morgan fingerprint density at radius 2 is 1.90 bits per heavy atom. The van der Waals surface area contributed by atoms with Crippen molar-refractivity contribution in [1.82, 2.24) is 5.32 Å². The summed E-state index contributed by atoms with van der Waals surface area (Å²) in [6, 6.07) is 8.41. The van der Waals surface area contributed by atoms with Crippen molar-refractivity contribution in [1.29, 1.82) is 0 Å². The largest absolute Gasteiger partial charge is 0.381 e. The van der Waals surface area contributed by atoms with E-state index in [1.54, 1.807) is 0 Å². The molecule has 1 saturated heterocycles. The second-order valence-corrected chi connectivity index (χ2v) is 7.31. The zero-order chi connectivity index (χ0) is 14.8. The van der Waals surface area contributed by atoms with Crippen LogP contribution in [0.15, 0.2) is 24.3 Å². The first kappa shape index (κ1) is 15.3. The first-order valence-corrected chi connectivity index (χ1v) is 8.61. The topological polar surface area (TPSA) is 21.3 Å². The molecule has 1 spiro atoms. The van der Waals surface area contributed by atoms with Crippen molar-refractivity contribution in [3.05, 3.63) is 34.9 Å². The van der Waals surface area contributed by atoms with Crippen LogP contribution >= 0.6 is 11.6 Å². The lowest BCUT2D eigenvalue weighted by Gasteiger charge is -2.58. The SMILES string of the molecule is CCCNCC1(c2ccccc2Cl)CC2(CCOCC2)C1. The third kappa shape index (κ3) is 2.99. The van der Waals surface area contributed by atoms with Crippen LogP contribution in [0, 0.1) is 5.41 Å². The standard InChI is InChI=1S/C18H26ClNO/c1-2-9-20-14-18(15-5-3-4-6-16(15)19)12-17(13-18)7-10-21-11-8-17/h3-6,20H,2,7-14H2,1H3. The molecule has 2 nitrogen and oxygen atoms in total. The molecule has 1 heterocycles. The highest BCUT2D eigenvalue weighted by atomic mass is 35.5. The first-order valence-electron chi connectivity index (χ1n) is 8.23. The van der Waals surface area contributed by atoms with Crippen LogP contribution in [0.1, 0.15) is 44.6 Å². The van der Waals surface area contributed by atoms with E-state index < -0.39 is 0 Å². The second-order valence-electron chi connectivity index (χ2n) is 6.90. The summed E-state index contributed by atoms with van der Waals surface area (Å²) in [4.78, 5) is 0. The quantitative estimate of drug-likeness (QED) is 0.824. The van der Waals surface area contributed by atoms with Gasteiger partial charge in [-0.2, -0.15) is 0 Å². The molecular weight excluding hydrogens is 282 g/mol. The van der Waals surface area contributed by atoms with Crippen LogP contribution < -0.4 is 5.32 Å². The lowest BCUT2D eigenvalue weighted by atomic mass is 9.48. The average Bonchev–Trinajstić information content (AvgIpc) is 2.47. The maximum Gasteiger partial charge on any atom is 0.0471 e. The minimum atomic E-state index is 0.227. The Labute approximate surface area is 133 Å². The Bertz CT molecular complexity index is 474. The smallest absolute Gasteiger partial charge is 0.0471 e. The summed E-state index contributed by atoms with van der Waals surface area (Å²) in [6.45, 7) is 6.22. The molecular formula is C18H26ClNO. The Hall–Kier alpha value is -0.570. The van der Waals surface area contributed by atoms with Crippen molar-refractivity contribution in [3.8, 4) is 0 Å². The van der Waals surface area contributed by atoms with Crippen molar-refractivity contribution in [2.45, 2.75) is 44.4 Å². The van der Waals surface area contributed by atoms with Crippen molar-refractivity contribution in [2.75, 3.05) is 26.3 Å². The molecule has 3 heteroatoms. The highest BCUT2D eigenvalue weighted by Gasteiger charge is 2.55. The van der Waals surface area contributed by atoms with Crippen LogP contribution in [0.2, 0.25) is 5.02 Å². The van der Waals surface area contributed by atoms with Gasteiger partial charge in [-0.3, -0.25) is 0 Å². The lowest BCUT2D eigenvalue weighted by molar-refractivity contribution is -0.0736. The molecule has 2 fully saturated rings. The third-order valence-electron chi connectivity index (χ3n) is 5.32. The predicted molar refractivity (Wildman–Crippen MR) is 88.0 cm³/mol. The Morgan fingerprint density at radius 1 is 1.19 bits per heavy atom. The van der Waals surface area contributed by atoms with E-state index in [0.29, 0.717) is 5.41 Å². The average molecular weight is 308 g/mol. The molecule has 1 aromatic carbocycles. The molecule has 21 heavy (non-hydrogen) atoms. The zero-order valence-electron chi connectivity index (χ0n) is 13.0. The van der Waals surface area contributed by atoms with Crippen molar-refractivity contribution >= 4 is 11.6 Å². The fourth-order valence-corrected chi connectivity index (χ4v) is 4.68. The van der Waals surface area contributed by atoms with E-state index in [0.717, 1.165) is 31.3 Å². The van der Waals surface area contributed by atoms with Crippen LogP contribution in [0.4, 0.5) is 0 Å². The van der Waals surface area contributed by atoms with Crippen LogP contribution in [0.5, 0.6) is 0 Å². The summed E-state index contributed by atoms with van der Waals surface area (Å²) in [5, 5.41) is 4.56. The number of halogens is 1. The van der Waals surface area contributed by atoms with Gasteiger partial charge in [0.25, 0.3) is 0 Å². The molecule has 1 N–H and O–H groups in total. The fourth-order valence-electron chi connectivity index (χ4n) is 4.35. The molecule has 0 radical (unpaired) electrons. The van der Waals surface area contributed by atoms with Crippen molar-refractivity contribution in [2.24, 2.45) is 5.41 Å². The van der Waals surface area contributed by atoms with Crippen molar-refractivity contribution in [3.63, 3.8) is 0 Å². The minimum Gasteiger partial charge on any atom is -0.381 e. The van der Waals surface area contributed by atoms with Gasteiger partial charge in [-0.1, -0.05) is 36.7 Å². The van der Waals surface area contributed by atoms with Gasteiger partial charge in [0.2, 0.25) is 0 Å². The van der Waals surface area contributed by atoms with Crippen LogP contribution in [-0.4, -0.2) is 26.3 Å². The Balaban J connectivity index is 1.79. The monoisotopic (exact) mass is 307 g/mol. The van der Waals surface area contributed by atoms with Gasteiger partial charge in [0.15, 0.2) is 0 Å². The highest BCUT2D eigenvalue weighted by molar-refractivity contribution is 6.31. The molecule has 0 aromatic heterocycles. The van der Waals surface area contributed by atoms with E-state index in [1.165, 1.54) is 37.7 Å². The highest BCUT2D eigenvalue weighted by Crippen LogP contribution is 2.60. The molecule has 116 valence electrons. The number of ether oxygens (including phenoxy) is 1. The Morgan fingerprint density at radius 3 is 2.57 bits per heavy atom. The molecule has 2 aliphatic rings. The number of nitrogens with one attached hydrogen (secondary N) is 1. The Kier molecular flexibility index (Phi) is 4.58. The van der Waals surface area contributed by atoms with Gasteiger partial charge in [-0.25, -0.2) is 0 Å². The van der Waals surface area contributed by atoms with E-state index in [4.69, 9.17) is 16.3 Å². The molecule has 1 saturated carbocycles. The molecule has 0 atom stereocenters. The van der Waals surface area contributed by atoms with Crippen LogP contribution in [0.3, 0.4) is 0 Å². The number of hydrogen-bond donors (Lipinski definition) is 1. The number of hydrogen-bond acceptors (Lipinski definition) is 2. The van der Waals surface area contributed by atoms with Gasteiger partial charge in [0.1, 0.15) is 0 Å². The molecule has 1 aliphatic heterocycles. The van der Waals surface area contributed by atoms with Gasteiger partial charge in [0, 0.05) is 30.2 Å². The van der Waals surface area contributed by atoms with Gasteiger partial charge in [-0.05, 0) is 55.7 Å². The van der Waals surface area contributed by atoms with Crippen LogP contribution in [0.25, 0.3) is 0 Å². The first-order chi connectivity index (χ1) is 10.2.